The van der Waals surface area contributed by atoms with E-state index in [-0.39, 0.29) is 11.3 Å². The third kappa shape index (κ3) is 1.96. The number of aromatic nitrogens is 1. The summed E-state index contributed by atoms with van der Waals surface area (Å²) in [6.45, 7) is 3.86. The first-order valence-corrected chi connectivity index (χ1v) is 5.69. The lowest BCUT2D eigenvalue weighted by atomic mass is 10.1. The molecule has 2 aromatic rings. The highest BCUT2D eigenvalue weighted by atomic mass is 16.3. The zero-order valence-corrected chi connectivity index (χ0v) is 9.95. The van der Waals surface area contributed by atoms with E-state index >= 15 is 0 Å². The van der Waals surface area contributed by atoms with Crippen LogP contribution in [-0.2, 0) is 0 Å². The van der Waals surface area contributed by atoms with Gasteiger partial charge in [-0.25, -0.2) is 0 Å². The van der Waals surface area contributed by atoms with Crippen molar-refractivity contribution in [2.75, 3.05) is 0 Å². The molecule has 0 aliphatic carbocycles. The number of nitrogens with one attached hydrogen (secondary N) is 1. The summed E-state index contributed by atoms with van der Waals surface area (Å²) in [5.74, 6) is 0.206. The Morgan fingerprint density at radius 3 is 2.76 bits per heavy atom. The summed E-state index contributed by atoms with van der Waals surface area (Å²) in [5, 5.41) is 12.0. The number of phenolic OH excluding ortho intramolecular Hbond substituents is 1. The molecule has 1 heterocycles. The Morgan fingerprint density at radius 2 is 2.12 bits per heavy atom. The van der Waals surface area contributed by atoms with E-state index in [4.69, 9.17) is 0 Å². The van der Waals surface area contributed by atoms with E-state index in [2.05, 4.69) is 4.98 Å². The average Bonchev–Trinajstić information content (AvgIpc) is 2.30. The number of benzene rings is 1. The first-order chi connectivity index (χ1) is 8.17. The molecule has 17 heavy (non-hydrogen) atoms. The van der Waals surface area contributed by atoms with Crippen molar-refractivity contribution in [3.05, 3.63) is 39.0 Å². The standard InChI is InChI=1S/C14H15NO2/c1-3-5-11-10(4-2)14(17)15-13-7-6-9(16)8-12(11)13/h4-8,16H,3H2,1-2H3,(H,15,17)/b10-4+,11-5+. The number of aromatic hydroxyl groups is 1. The largest absolute Gasteiger partial charge is 0.508 e. The minimum Gasteiger partial charge on any atom is -0.508 e. The summed E-state index contributed by atoms with van der Waals surface area (Å²) in [6, 6.07) is 4.97. The fourth-order valence-corrected chi connectivity index (χ4v) is 2.03. The van der Waals surface area contributed by atoms with Gasteiger partial charge in [-0.05, 0) is 36.8 Å². The highest BCUT2D eigenvalue weighted by molar-refractivity contribution is 5.81. The highest BCUT2D eigenvalue weighted by Gasteiger charge is 2.01. The van der Waals surface area contributed by atoms with Crippen LogP contribution in [0, 0.1) is 0 Å². The number of aromatic amines is 1. The molecule has 0 aliphatic rings. The van der Waals surface area contributed by atoms with Gasteiger partial charge in [-0.3, -0.25) is 4.79 Å². The molecule has 3 heteroatoms. The van der Waals surface area contributed by atoms with E-state index in [0.717, 1.165) is 22.5 Å². The van der Waals surface area contributed by atoms with Crippen LogP contribution in [0.3, 0.4) is 0 Å². The maximum atomic E-state index is 11.9. The van der Waals surface area contributed by atoms with Gasteiger partial charge in [0.2, 0.25) is 0 Å². The van der Waals surface area contributed by atoms with Gasteiger partial charge in [-0.15, -0.1) is 0 Å². The van der Waals surface area contributed by atoms with Crippen molar-refractivity contribution in [3.63, 3.8) is 0 Å². The molecule has 1 aromatic heterocycles. The van der Waals surface area contributed by atoms with Crippen molar-refractivity contribution >= 4 is 23.1 Å². The van der Waals surface area contributed by atoms with E-state index in [1.54, 1.807) is 24.3 Å². The van der Waals surface area contributed by atoms with E-state index in [1.165, 1.54) is 0 Å². The van der Waals surface area contributed by atoms with Crippen LogP contribution in [0.4, 0.5) is 0 Å². The molecule has 0 aliphatic heterocycles. The Kier molecular flexibility index (Phi) is 3.00. The molecule has 3 nitrogen and oxygen atoms in total. The molecule has 0 spiro atoms. The number of hydrogen-bond acceptors (Lipinski definition) is 2. The Morgan fingerprint density at radius 1 is 1.35 bits per heavy atom. The molecular formula is C14H15NO2. The molecule has 0 unspecified atom stereocenters. The molecule has 0 bridgehead atoms. The van der Waals surface area contributed by atoms with E-state index in [9.17, 15) is 9.90 Å². The number of rotatable bonds is 1. The summed E-state index contributed by atoms with van der Waals surface area (Å²) < 4.78 is 0. The van der Waals surface area contributed by atoms with Crippen LogP contribution in [0.5, 0.6) is 5.75 Å². The molecular weight excluding hydrogens is 214 g/mol. The van der Waals surface area contributed by atoms with Crippen LogP contribution in [-0.4, -0.2) is 10.1 Å². The van der Waals surface area contributed by atoms with Gasteiger partial charge in [0.1, 0.15) is 5.75 Å². The minimum absolute atomic E-state index is 0.0922. The number of H-pyrrole nitrogens is 1. The zero-order valence-electron chi connectivity index (χ0n) is 9.95. The molecule has 0 saturated heterocycles. The van der Waals surface area contributed by atoms with Crippen LogP contribution in [0.2, 0.25) is 0 Å². The van der Waals surface area contributed by atoms with Crippen LogP contribution in [0.25, 0.3) is 23.1 Å². The van der Waals surface area contributed by atoms with Gasteiger partial charge >= 0.3 is 0 Å². The summed E-state index contributed by atoms with van der Waals surface area (Å²) >= 11 is 0. The Labute approximate surface area is 98.7 Å². The second kappa shape index (κ2) is 4.45. The molecule has 0 radical (unpaired) electrons. The second-order valence-corrected chi connectivity index (χ2v) is 3.91. The summed E-state index contributed by atoms with van der Waals surface area (Å²) in [5.41, 5.74) is 0.656. The summed E-state index contributed by atoms with van der Waals surface area (Å²) in [6.07, 6.45) is 4.64. The van der Waals surface area contributed by atoms with Gasteiger partial charge in [0.05, 0.1) is 0 Å². The monoisotopic (exact) mass is 229 g/mol. The van der Waals surface area contributed by atoms with Crippen LogP contribution < -0.4 is 16.0 Å². The lowest BCUT2D eigenvalue weighted by molar-refractivity contribution is 0.476. The maximum Gasteiger partial charge on any atom is 0.255 e. The van der Waals surface area contributed by atoms with Gasteiger partial charge in [-0.1, -0.05) is 19.1 Å². The number of fused-ring (bicyclic) bond motifs is 1. The quantitative estimate of drug-likeness (QED) is 0.772. The van der Waals surface area contributed by atoms with Gasteiger partial charge in [0.15, 0.2) is 0 Å². The normalized spacial score (nSPS) is 13.5. The van der Waals surface area contributed by atoms with Crippen molar-refractivity contribution in [2.45, 2.75) is 20.3 Å². The molecule has 0 saturated carbocycles. The minimum atomic E-state index is -0.0922. The van der Waals surface area contributed by atoms with Crippen LogP contribution in [0.1, 0.15) is 20.3 Å². The topological polar surface area (TPSA) is 53.1 Å². The van der Waals surface area contributed by atoms with Gasteiger partial charge in [0, 0.05) is 16.1 Å². The molecule has 88 valence electrons. The maximum absolute atomic E-state index is 11.9. The third-order valence-corrected chi connectivity index (χ3v) is 2.77. The van der Waals surface area contributed by atoms with Crippen molar-refractivity contribution in [1.82, 2.24) is 4.98 Å². The van der Waals surface area contributed by atoms with E-state index in [1.807, 2.05) is 19.9 Å². The number of phenols is 1. The van der Waals surface area contributed by atoms with Crippen molar-refractivity contribution in [3.8, 4) is 5.75 Å². The molecule has 2 N–H and O–H groups in total. The summed E-state index contributed by atoms with van der Waals surface area (Å²) in [7, 11) is 0. The van der Waals surface area contributed by atoms with Crippen molar-refractivity contribution in [1.29, 1.82) is 0 Å². The molecule has 2 rings (SSSR count). The lowest BCUT2D eigenvalue weighted by Gasteiger charge is -2.01. The van der Waals surface area contributed by atoms with Crippen LogP contribution >= 0.6 is 0 Å². The first kappa shape index (κ1) is 11.5. The molecule has 0 atom stereocenters. The molecule has 0 amide bonds. The molecule has 1 aromatic carbocycles. The van der Waals surface area contributed by atoms with Crippen LogP contribution in [0.15, 0.2) is 23.0 Å². The van der Waals surface area contributed by atoms with Crippen molar-refractivity contribution in [2.24, 2.45) is 0 Å². The second-order valence-electron chi connectivity index (χ2n) is 3.91. The Hall–Kier alpha value is -2.03. The zero-order chi connectivity index (χ0) is 12.4. The fraction of sp³-hybridized carbons (Fsp3) is 0.214. The Balaban J connectivity index is 3.13. The SMILES string of the molecule is C/C=c1/c(=O)[nH]c2ccc(O)cc2/c1=C/CC. The smallest absolute Gasteiger partial charge is 0.255 e. The summed E-state index contributed by atoms with van der Waals surface area (Å²) in [4.78, 5) is 14.7. The first-order valence-electron chi connectivity index (χ1n) is 5.69. The fourth-order valence-electron chi connectivity index (χ4n) is 2.03. The molecule has 0 fully saturated rings. The van der Waals surface area contributed by atoms with Gasteiger partial charge in [0.25, 0.3) is 5.56 Å². The van der Waals surface area contributed by atoms with Gasteiger partial charge < -0.3 is 10.1 Å². The van der Waals surface area contributed by atoms with Gasteiger partial charge in [-0.2, -0.15) is 0 Å². The van der Waals surface area contributed by atoms with E-state index < -0.39 is 0 Å². The number of pyridine rings is 1. The van der Waals surface area contributed by atoms with Crippen molar-refractivity contribution < 1.29 is 5.11 Å². The third-order valence-electron chi connectivity index (χ3n) is 2.77. The lowest BCUT2D eigenvalue weighted by Crippen LogP contribution is -2.40. The highest BCUT2D eigenvalue weighted by Crippen LogP contribution is 2.13. The predicted octanol–water partition coefficient (Wildman–Crippen LogP) is 1.22. The average molecular weight is 229 g/mol. The predicted molar refractivity (Wildman–Crippen MR) is 70.4 cm³/mol. The number of hydrogen-bond donors (Lipinski definition) is 2. The van der Waals surface area contributed by atoms with E-state index in [0.29, 0.717) is 5.22 Å². The Bertz CT molecular complexity index is 726.